The molecule has 0 saturated heterocycles. The predicted octanol–water partition coefficient (Wildman–Crippen LogP) is 2.56. The van der Waals surface area contributed by atoms with E-state index in [1.807, 2.05) is 26.0 Å². The summed E-state index contributed by atoms with van der Waals surface area (Å²) < 4.78 is 0. The number of amides is 1. The van der Waals surface area contributed by atoms with Gasteiger partial charge in [0.05, 0.1) is 0 Å². The molecule has 0 aliphatic rings. The minimum Gasteiger partial charge on any atom is -0.369 e. The first-order valence-corrected chi connectivity index (χ1v) is 6.92. The molecule has 110 valence electrons. The van der Waals surface area contributed by atoms with Gasteiger partial charge in [0.2, 0.25) is 0 Å². The van der Waals surface area contributed by atoms with Crippen LogP contribution in [-0.4, -0.2) is 27.6 Å². The topological polar surface area (TPSA) is 79.8 Å². The molecule has 0 fully saturated rings. The second-order valence-corrected chi connectivity index (χ2v) is 4.86. The van der Waals surface area contributed by atoms with Gasteiger partial charge in [-0.2, -0.15) is 0 Å². The number of carbonyl (C=O) groups excluding carboxylic acids is 1. The standard InChI is InChI=1S/C15H19N5O/c1-4-7-16-13-6-5-12(19-20-13)15(21)18-14-9-10(2)8-11(3)17-14/h5-6,8-9H,4,7H2,1-3H3,(H,16,20)(H,17,18,21). The number of anilines is 2. The fourth-order valence-electron chi connectivity index (χ4n) is 1.89. The zero-order chi connectivity index (χ0) is 15.2. The largest absolute Gasteiger partial charge is 0.369 e. The number of pyridine rings is 1. The summed E-state index contributed by atoms with van der Waals surface area (Å²) in [5, 5.41) is 13.7. The monoisotopic (exact) mass is 285 g/mol. The van der Waals surface area contributed by atoms with E-state index < -0.39 is 0 Å². The van der Waals surface area contributed by atoms with E-state index in [1.165, 1.54) is 0 Å². The van der Waals surface area contributed by atoms with Crippen LogP contribution < -0.4 is 10.6 Å². The first-order valence-electron chi connectivity index (χ1n) is 6.92. The van der Waals surface area contributed by atoms with Crippen LogP contribution in [0.2, 0.25) is 0 Å². The van der Waals surface area contributed by atoms with Crippen molar-refractivity contribution in [2.24, 2.45) is 0 Å². The summed E-state index contributed by atoms with van der Waals surface area (Å²) >= 11 is 0. The van der Waals surface area contributed by atoms with Crippen molar-refractivity contribution in [1.29, 1.82) is 0 Å². The van der Waals surface area contributed by atoms with Gasteiger partial charge in [-0.25, -0.2) is 4.98 Å². The molecule has 6 heteroatoms. The number of nitrogens with one attached hydrogen (secondary N) is 2. The Morgan fingerprint density at radius 3 is 2.57 bits per heavy atom. The summed E-state index contributed by atoms with van der Waals surface area (Å²) in [6.45, 7) is 6.74. The van der Waals surface area contributed by atoms with Crippen molar-refractivity contribution < 1.29 is 4.79 Å². The number of rotatable bonds is 5. The number of hydrogen-bond acceptors (Lipinski definition) is 5. The Balaban J connectivity index is 2.06. The number of hydrogen-bond donors (Lipinski definition) is 2. The van der Waals surface area contributed by atoms with Gasteiger partial charge in [0.25, 0.3) is 5.91 Å². The van der Waals surface area contributed by atoms with Crippen LogP contribution in [0.25, 0.3) is 0 Å². The van der Waals surface area contributed by atoms with Crippen molar-refractivity contribution in [2.75, 3.05) is 17.2 Å². The number of aromatic nitrogens is 3. The van der Waals surface area contributed by atoms with E-state index >= 15 is 0 Å². The van der Waals surface area contributed by atoms with Gasteiger partial charge in [-0.3, -0.25) is 4.79 Å². The van der Waals surface area contributed by atoms with E-state index in [2.05, 4.69) is 32.7 Å². The lowest BCUT2D eigenvalue weighted by Gasteiger charge is -2.06. The van der Waals surface area contributed by atoms with E-state index in [9.17, 15) is 4.79 Å². The first kappa shape index (κ1) is 14.9. The molecule has 1 amide bonds. The van der Waals surface area contributed by atoms with Gasteiger partial charge in [0.15, 0.2) is 5.69 Å². The Labute approximate surface area is 124 Å². The van der Waals surface area contributed by atoms with E-state index in [0.717, 1.165) is 24.2 Å². The highest BCUT2D eigenvalue weighted by atomic mass is 16.2. The predicted molar refractivity (Wildman–Crippen MR) is 82.5 cm³/mol. The molecule has 0 radical (unpaired) electrons. The van der Waals surface area contributed by atoms with Gasteiger partial charge >= 0.3 is 0 Å². The molecular weight excluding hydrogens is 266 g/mol. The number of nitrogens with zero attached hydrogens (tertiary/aromatic N) is 3. The van der Waals surface area contributed by atoms with Crippen molar-refractivity contribution in [3.63, 3.8) is 0 Å². The summed E-state index contributed by atoms with van der Waals surface area (Å²) in [6, 6.07) is 7.15. The van der Waals surface area contributed by atoms with Crippen molar-refractivity contribution in [2.45, 2.75) is 27.2 Å². The van der Waals surface area contributed by atoms with Gasteiger partial charge < -0.3 is 10.6 Å². The third kappa shape index (κ3) is 4.24. The maximum absolute atomic E-state index is 12.1. The zero-order valence-corrected chi connectivity index (χ0v) is 12.5. The maximum atomic E-state index is 12.1. The molecule has 0 saturated carbocycles. The minimum atomic E-state index is -0.318. The molecule has 2 N–H and O–H groups in total. The van der Waals surface area contributed by atoms with E-state index in [0.29, 0.717) is 11.6 Å². The van der Waals surface area contributed by atoms with Crippen LogP contribution >= 0.6 is 0 Å². The van der Waals surface area contributed by atoms with Crippen LogP contribution in [0.5, 0.6) is 0 Å². The lowest BCUT2D eigenvalue weighted by atomic mass is 10.2. The zero-order valence-electron chi connectivity index (χ0n) is 12.5. The third-order valence-corrected chi connectivity index (χ3v) is 2.79. The highest BCUT2D eigenvalue weighted by Gasteiger charge is 2.09. The Bertz CT molecular complexity index is 604. The Hall–Kier alpha value is -2.50. The van der Waals surface area contributed by atoms with Crippen molar-refractivity contribution in [3.8, 4) is 0 Å². The molecule has 0 atom stereocenters. The highest BCUT2D eigenvalue weighted by Crippen LogP contribution is 2.10. The van der Waals surface area contributed by atoms with Crippen LogP contribution in [0.15, 0.2) is 24.3 Å². The molecule has 2 heterocycles. The van der Waals surface area contributed by atoms with Gasteiger partial charge in [-0.05, 0) is 50.1 Å². The molecule has 0 aliphatic carbocycles. The maximum Gasteiger partial charge on any atom is 0.277 e. The van der Waals surface area contributed by atoms with Crippen LogP contribution in [0.4, 0.5) is 11.6 Å². The molecule has 0 aliphatic heterocycles. The molecule has 0 bridgehead atoms. The van der Waals surface area contributed by atoms with E-state index in [4.69, 9.17) is 0 Å². The second-order valence-electron chi connectivity index (χ2n) is 4.86. The second kappa shape index (κ2) is 6.78. The quantitative estimate of drug-likeness (QED) is 0.882. The van der Waals surface area contributed by atoms with Crippen molar-refractivity contribution >= 4 is 17.5 Å². The first-order chi connectivity index (χ1) is 10.1. The molecule has 2 aromatic rings. The molecule has 0 aromatic carbocycles. The fraction of sp³-hybridized carbons (Fsp3) is 0.333. The highest BCUT2D eigenvalue weighted by molar-refractivity contribution is 6.02. The Kier molecular flexibility index (Phi) is 4.81. The van der Waals surface area contributed by atoms with E-state index in [-0.39, 0.29) is 11.6 Å². The summed E-state index contributed by atoms with van der Waals surface area (Å²) in [5.41, 5.74) is 2.16. The summed E-state index contributed by atoms with van der Waals surface area (Å²) in [7, 11) is 0. The number of aryl methyl sites for hydroxylation is 2. The van der Waals surface area contributed by atoms with Crippen LogP contribution in [0.1, 0.15) is 35.1 Å². The van der Waals surface area contributed by atoms with Gasteiger partial charge in [0.1, 0.15) is 11.6 Å². The molecule has 0 spiro atoms. The van der Waals surface area contributed by atoms with Gasteiger partial charge in [-0.15, -0.1) is 10.2 Å². The average Bonchev–Trinajstić information content (AvgIpc) is 2.44. The molecule has 0 unspecified atom stereocenters. The average molecular weight is 285 g/mol. The van der Waals surface area contributed by atoms with E-state index in [1.54, 1.807) is 12.1 Å². The van der Waals surface area contributed by atoms with Crippen LogP contribution in [0.3, 0.4) is 0 Å². The lowest BCUT2D eigenvalue weighted by molar-refractivity contribution is 0.102. The normalized spacial score (nSPS) is 10.2. The molecular formula is C15H19N5O. The molecule has 6 nitrogen and oxygen atoms in total. The SMILES string of the molecule is CCCNc1ccc(C(=O)Nc2cc(C)cc(C)n2)nn1. The third-order valence-electron chi connectivity index (χ3n) is 2.79. The van der Waals surface area contributed by atoms with Crippen LogP contribution in [0, 0.1) is 13.8 Å². The van der Waals surface area contributed by atoms with Gasteiger partial charge in [0, 0.05) is 12.2 Å². The summed E-state index contributed by atoms with van der Waals surface area (Å²) in [4.78, 5) is 16.4. The fourth-order valence-corrected chi connectivity index (χ4v) is 1.89. The Morgan fingerprint density at radius 2 is 1.95 bits per heavy atom. The van der Waals surface area contributed by atoms with Crippen molar-refractivity contribution in [3.05, 3.63) is 41.2 Å². The molecule has 2 rings (SSSR count). The minimum absolute atomic E-state index is 0.262. The lowest BCUT2D eigenvalue weighted by Crippen LogP contribution is -2.16. The van der Waals surface area contributed by atoms with Crippen LogP contribution in [-0.2, 0) is 0 Å². The molecule has 2 aromatic heterocycles. The summed E-state index contributed by atoms with van der Waals surface area (Å²) in [5.74, 6) is 0.868. The molecule has 21 heavy (non-hydrogen) atoms. The smallest absolute Gasteiger partial charge is 0.277 e. The Morgan fingerprint density at radius 1 is 1.14 bits per heavy atom. The van der Waals surface area contributed by atoms with Crippen molar-refractivity contribution in [1.82, 2.24) is 15.2 Å². The summed E-state index contributed by atoms with van der Waals surface area (Å²) in [6.07, 6.45) is 1.00. The van der Waals surface area contributed by atoms with Gasteiger partial charge in [-0.1, -0.05) is 6.92 Å². The number of carbonyl (C=O) groups is 1.